The van der Waals surface area contributed by atoms with Crippen LogP contribution in [0.2, 0.25) is 0 Å². The van der Waals surface area contributed by atoms with Gasteiger partial charge < -0.3 is 69.8 Å². The maximum absolute atomic E-state index is 8.42. The van der Waals surface area contributed by atoms with Crippen molar-refractivity contribution in [3.05, 3.63) is 0 Å². The van der Waals surface area contributed by atoms with Crippen LogP contribution in [0.4, 0.5) is 0 Å². The maximum atomic E-state index is 8.42. The average molecular weight is 638 g/mol. The van der Waals surface area contributed by atoms with Crippen molar-refractivity contribution in [1.82, 2.24) is 0 Å². The molecule has 0 aliphatic carbocycles. The van der Waals surface area contributed by atoms with E-state index in [1.807, 2.05) is 0 Å². The van der Waals surface area contributed by atoms with Crippen molar-refractivity contribution in [2.24, 2.45) is 0 Å². The predicted molar refractivity (Wildman–Crippen MR) is 41.9 cm³/mol. The van der Waals surface area contributed by atoms with Crippen molar-refractivity contribution in [2.45, 2.75) is 0 Å². The van der Waals surface area contributed by atoms with E-state index in [1.54, 1.807) is 0 Å². The Morgan fingerprint density at radius 2 is 0.353 bits per heavy atom. The molecule has 0 unspecified atom stereocenters. The smallest absolute Gasteiger partial charge is 0.907 e. The number of rotatable bonds is 0. The molecule has 104 valence electrons. The minimum Gasteiger partial charge on any atom is -0.907 e. The Morgan fingerprint density at radius 3 is 0.353 bits per heavy atom. The number of hydrogen-bond acceptors (Lipinski definition) is 3. The molecule has 0 amide bonds. The third kappa shape index (κ3) is 259. The summed E-state index contributed by atoms with van der Waals surface area (Å²) in [4.78, 5) is 0. The van der Waals surface area contributed by atoms with Gasteiger partial charge in [-0.3, -0.25) is 7.32 Å². The molecule has 0 saturated heterocycles. The molecule has 0 heterocycles. The quantitative estimate of drug-likeness (QED) is 0.234. The molecule has 0 fully saturated rings. The third-order valence-corrected chi connectivity index (χ3v) is 0. The monoisotopic (exact) mass is 638 g/mol. The van der Waals surface area contributed by atoms with Crippen LogP contribution in [0.25, 0.3) is 0 Å². The van der Waals surface area contributed by atoms with Gasteiger partial charge in [-0.15, -0.1) is 0 Å². The molecule has 13 nitrogen and oxygen atoms in total. The standard InChI is InChI=1S/BO3.3Cs.10H2O/c2-1(3)4;;;;;;;;;;;;;/h;;;;10*1H2/q-3;3*+1;;;;;;;;;;. The third-order valence-electron chi connectivity index (χ3n) is 0. The fourth-order valence-electron chi connectivity index (χ4n) is 0. The number of hydrogen-bond donors (Lipinski definition) is 0. The molecule has 0 spiro atoms. The van der Waals surface area contributed by atoms with Crippen molar-refractivity contribution in [1.29, 1.82) is 0 Å². The summed E-state index contributed by atoms with van der Waals surface area (Å²) in [6.45, 7) is 0. The van der Waals surface area contributed by atoms with Gasteiger partial charge >= 0.3 is 207 Å². The van der Waals surface area contributed by atoms with Gasteiger partial charge in [0.15, 0.2) is 0 Å². The second kappa shape index (κ2) is 123. The van der Waals surface area contributed by atoms with E-state index in [0.29, 0.717) is 0 Å². The minimum absolute atomic E-state index is 0. The Labute approximate surface area is 274 Å². The van der Waals surface area contributed by atoms with E-state index in [4.69, 9.17) is 15.1 Å². The Hall–Kier alpha value is 5.70. The minimum atomic E-state index is -2.92. The SMILES string of the molecule is O.O.O.O.O.O.O.O.O.O.[Cs+].[Cs+].[Cs+].[O-]B([O-])[O-]. The molecule has 0 radical (unpaired) electrons. The van der Waals surface area contributed by atoms with Gasteiger partial charge in [0.1, 0.15) is 0 Å². The maximum Gasteiger partial charge on any atom is 1.00 e. The zero-order valence-electron chi connectivity index (χ0n) is 9.80. The van der Waals surface area contributed by atoms with E-state index in [2.05, 4.69) is 0 Å². The van der Waals surface area contributed by atoms with Gasteiger partial charge in [-0.2, -0.15) is 0 Å². The fraction of sp³-hybridized carbons (Fsp3) is 0. The molecule has 0 bridgehead atoms. The fourth-order valence-corrected chi connectivity index (χ4v) is 0. The zero-order chi connectivity index (χ0) is 3.58. The summed E-state index contributed by atoms with van der Waals surface area (Å²) in [5.41, 5.74) is 0. The van der Waals surface area contributed by atoms with Gasteiger partial charge in [-0.25, -0.2) is 0 Å². The van der Waals surface area contributed by atoms with Gasteiger partial charge in [-0.1, -0.05) is 0 Å². The van der Waals surface area contributed by atoms with E-state index >= 15 is 0 Å². The molecule has 0 aromatic heterocycles. The molecular weight excluding hydrogens is 618 g/mol. The Balaban J connectivity index is -0.000000000577. The van der Waals surface area contributed by atoms with Crippen LogP contribution in [0.15, 0.2) is 0 Å². The van der Waals surface area contributed by atoms with Crippen LogP contribution in [-0.2, 0) is 0 Å². The van der Waals surface area contributed by atoms with Crippen LogP contribution in [0.1, 0.15) is 0 Å². The van der Waals surface area contributed by atoms with Gasteiger partial charge in [-0.05, 0) is 0 Å². The molecule has 17 heteroatoms. The molecule has 0 aromatic rings. The summed E-state index contributed by atoms with van der Waals surface area (Å²) >= 11 is 0. The van der Waals surface area contributed by atoms with Crippen LogP contribution < -0.4 is 222 Å². The predicted octanol–water partition coefficient (Wildman–Crippen LogP) is -21.2. The van der Waals surface area contributed by atoms with Crippen LogP contribution in [-0.4, -0.2) is 62.1 Å². The van der Waals surface area contributed by atoms with Crippen LogP contribution in [0.3, 0.4) is 0 Å². The first-order valence-electron chi connectivity index (χ1n) is 0.707. The van der Waals surface area contributed by atoms with Gasteiger partial charge in [0, 0.05) is 0 Å². The summed E-state index contributed by atoms with van der Waals surface area (Å²) in [6, 6.07) is 0. The first-order valence-corrected chi connectivity index (χ1v) is 0.707. The Bertz CT molecular complexity index is 21.4. The molecule has 17 heavy (non-hydrogen) atoms. The second-order valence-electron chi connectivity index (χ2n) is 0.289. The van der Waals surface area contributed by atoms with Crippen LogP contribution in [0, 0.1) is 0 Å². The van der Waals surface area contributed by atoms with E-state index in [1.165, 1.54) is 0 Å². The van der Waals surface area contributed by atoms with Crippen molar-refractivity contribution >= 4 is 7.32 Å². The molecule has 0 atom stereocenters. The molecular formula is H20BCs3O13. The first kappa shape index (κ1) is 141. The van der Waals surface area contributed by atoms with Crippen molar-refractivity contribution in [3.8, 4) is 0 Å². The van der Waals surface area contributed by atoms with E-state index in [0.717, 1.165) is 0 Å². The van der Waals surface area contributed by atoms with Crippen molar-refractivity contribution < 1.29 is 277 Å². The molecule has 0 aromatic carbocycles. The average Bonchev–Trinajstić information content (AvgIpc) is 0.811. The van der Waals surface area contributed by atoms with Crippen molar-refractivity contribution in [3.63, 3.8) is 0 Å². The summed E-state index contributed by atoms with van der Waals surface area (Å²) in [7, 11) is -2.92. The molecule has 0 aliphatic rings. The Kier molecular flexibility index (Phi) is 1020. The van der Waals surface area contributed by atoms with Crippen molar-refractivity contribution in [2.75, 3.05) is 0 Å². The normalized spacial score (nSPS) is 1.59. The topological polar surface area (TPSA) is 384 Å². The Morgan fingerprint density at radius 1 is 0.353 bits per heavy atom. The molecule has 0 aliphatic heterocycles. The van der Waals surface area contributed by atoms with E-state index in [-0.39, 0.29) is 261 Å². The summed E-state index contributed by atoms with van der Waals surface area (Å²) in [5.74, 6) is 0. The summed E-state index contributed by atoms with van der Waals surface area (Å²) in [6.07, 6.45) is 0. The molecule has 0 rings (SSSR count). The zero-order valence-corrected chi connectivity index (χ0v) is 28.6. The van der Waals surface area contributed by atoms with Crippen LogP contribution >= 0.6 is 0 Å². The second-order valence-corrected chi connectivity index (χ2v) is 0.289. The van der Waals surface area contributed by atoms with Gasteiger partial charge in [0.05, 0.1) is 0 Å². The largest absolute Gasteiger partial charge is 1.00 e. The molecule has 20 N–H and O–H groups in total. The van der Waals surface area contributed by atoms with Gasteiger partial charge in [0.25, 0.3) is 0 Å². The van der Waals surface area contributed by atoms with E-state index in [9.17, 15) is 0 Å². The summed E-state index contributed by atoms with van der Waals surface area (Å²) < 4.78 is 0. The first-order chi connectivity index (χ1) is 1.73. The molecule has 0 saturated carbocycles. The van der Waals surface area contributed by atoms with Crippen LogP contribution in [0.5, 0.6) is 0 Å². The van der Waals surface area contributed by atoms with Gasteiger partial charge in [0.2, 0.25) is 0 Å². The summed E-state index contributed by atoms with van der Waals surface area (Å²) in [5, 5.41) is 25.2. The van der Waals surface area contributed by atoms with E-state index < -0.39 is 7.32 Å².